The number of nitrogens with zero attached hydrogens (tertiary/aromatic N) is 1. The summed E-state index contributed by atoms with van der Waals surface area (Å²) in [5.41, 5.74) is 0. The molecule has 0 heterocycles. The maximum Gasteiger partial charge on any atom is 0.256 e. The Hall–Kier alpha value is -0.620. The molecule has 1 aromatic rings. The Morgan fingerprint density at radius 1 is 1.29 bits per heavy atom. The summed E-state index contributed by atoms with van der Waals surface area (Å²) >= 11 is 5.85. The number of halogens is 1. The largest absolute Gasteiger partial charge is 0.395 e. The monoisotopic (exact) mass is 277 g/mol. The lowest BCUT2D eigenvalue weighted by molar-refractivity contribution is 0.193. The Morgan fingerprint density at radius 3 is 2.24 bits per heavy atom. The Kier molecular flexibility index (Phi) is 4.94. The van der Waals surface area contributed by atoms with Gasteiger partial charge in [0, 0.05) is 0 Å². The van der Waals surface area contributed by atoms with Crippen molar-refractivity contribution in [3.8, 4) is 0 Å². The molecule has 0 radical (unpaired) electrons. The summed E-state index contributed by atoms with van der Waals surface area (Å²) in [6.07, 6.45) is 0. The predicted octanol–water partition coefficient (Wildman–Crippen LogP) is 1.85. The lowest BCUT2D eigenvalue weighted by Gasteiger charge is -2.26. The van der Waals surface area contributed by atoms with Crippen LogP contribution in [0.1, 0.15) is 13.8 Å². The van der Waals surface area contributed by atoms with Crippen molar-refractivity contribution in [1.82, 2.24) is 3.82 Å². The second-order valence-electron chi connectivity index (χ2n) is 4.05. The average Bonchev–Trinajstić information content (AvgIpc) is 2.30. The van der Waals surface area contributed by atoms with Crippen LogP contribution in [0.25, 0.3) is 0 Å². The van der Waals surface area contributed by atoms with Gasteiger partial charge in [-0.2, -0.15) is 0 Å². The zero-order valence-electron chi connectivity index (χ0n) is 9.75. The number of sulfonamides is 1. The first-order valence-electron chi connectivity index (χ1n) is 5.27. The number of benzene rings is 1. The maximum absolute atomic E-state index is 12.1. The average molecular weight is 278 g/mol. The molecule has 1 rings (SSSR count). The lowest BCUT2D eigenvalue weighted by atomic mass is 10.1. The van der Waals surface area contributed by atoms with Gasteiger partial charge in [0.05, 0.1) is 17.5 Å². The van der Waals surface area contributed by atoms with Crippen molar-refractivity contribution in [2.75, 3.05) is 6.61 Å². The van der Waals surface area contributed by atoms with E-state index in [-0.39, 0.29) is 17.4 Å². The molecule has 0 aliphatic rings. The van der Waals surface area contributed by atoms with E-state index in [4.69, 9.17) is 11.8 Å². The third-order valence-corrected chi connectivity index (χ3v) is 4.88. The molecule has 0 fully saturated rings. The van der Waals surface area contributed by atoms with Crippen molar-refractivity contribution in [3.63, 3.8) is 0 Å². The van der Waals surface area contributed by atoms with Gasteiger partial charge in [-0.3, -0.25) is 0 Å². The first kappa shape index (κ1) is 14.4. The van der Waals surface area contributed by atoms with E-state index < -0.39 is 16.1 Å². The molecule has 0 saturated carbocycles. The zero-order valence-corrected chi connectivity index (χ0v) is 11.3. The normalized spacial score (nSPS) is 14.2. The van der Waals surface area contributed by atoms with Crippen LogP contribution in [0.4, 0.5) is 0 Å². The van der Waals surface area contributed by atoms with Gasteiger partial charge in [-0.05, 0) is 29.8 Å². The highest BCUT2D eigenvalue weighted by Crippen LogP contribution is 2.23. The van der Waals surface area contributed by atoms with Gasteiger partial charge in [0.25, 0.3) is 10.0 Å². The molecular formula is C11H16ClNO3S. The van der Waals surface area contributed by atoms with Crippen LogP contribution in [-0.4, -0.2) is 30.0 Å². The molecular weight excluding hydrogens is 262 g/mol. The van der Waals surface area contributed by atoms with E-state index in [1.54, 1.807) is 32.0 Å². The van der Waals surface area contributed by atoms with Crippen molar-refractivity contribution < 1.29 is 13.5 Å². The fourth-order valence-corrected chi connectivity index (χ4v) is 3.28. The third-order valence-electron chi connectivity index (χ3n) is 2.49. The fourth-order valence-electron chi connectivity index (χ4n) is 1.38. The van der Waals surface area contributed by atoms with Crippen molar-refractivity contribution in [3.05, 3.63) is 30.3 Å². The molecule has 0 aromatic heterocycles. The number of hydrogen-bond donors (Lipinski definition) is 1. The molecule has 0 bridgehead atoms. The van der Waals surface area contributed by atoms with Crippen LogP contribution in [0.3, 0.4) is 0 Å². The van der Waals surface area contributed by atoms with Gasteiger partial charge >= 0.3 is 0 Å². The fraction of sp³-hybridized carbons (Fsp3) is 0.455. The summed E-state index contributed by atoms with van der Waals surface area (Å²) in [6.45, 7) is 3.29. The molecule has 0 unspecified atom stereocenters. The Bertz CT molecular complexity index is 447. The molecule has 1 N–H and O–H groups in total. The Morgan fingerprint density at radius 2 is 1.82 bits per heavy atom. The quantitative estimate of drug-likeness (QED) is 0.836. The molecule has 6 heteroatoms. The van der Waals surface area contributed by atoms with E-state index in [0.29, 0.717) is 3.82 Å². The number of aliphatic hydroxyl groups is 1. The smallest absolute Gasteiger partial charge is 0.256 e. The molecule has 17 heavy (non-hydrogen) atoms. The van der Waals surface area contributed by atoms with Gasteiger partial charge in [0.15, 0.2) is 0 Å². The van der Waals surface area contributed by atoms with Crippen molar-refractivity contribution >= 4 is 21.8 Å². The highest BCUT2D eigenvalue weighted by molar-refractivity contribution is 7.90. The Balaban J connectivity index is 3.07. The van der Waals surface area contributed by atoms with E-state index in [0.717, 1.165) is 0 Å². The van der Waals surface area contributed by atoms with E-state index >= 15 is 0 Å². The first-order valence-corrected chi connectivity index (χ1v) is 7.05. The lowest BCUT2D eigenvalue weighted by Crippen LogP contribution is -2.39. The molecule has 0 spiro atoms. The summed E-state index contributed by atoms with van der Waals surface area (Å²) < 4.78 is 25.0. The minimum Gasteiger partial charge on any atom is -0.395 e. The predicted molar refractivity (Wildman–Crippen MR) is 67.0 cm³/mol. The van der Waals surface area contributed by atoms with Crippen molar-refractivity contribution in [1.29, 1.82) is 0 Å². The molecule has 1 atom stereocenters. The highest BCUT2D eigenvalue weighted by Gasteiger charge is 2.31. The summed E-state index contributed by atoms with van der Waals surface area (Å²) in [6, 6.07) is 7.28. The minimum absolute atomic E-state index is 0.0732. The number of aliphatic hydroxyl groups excluding tert-OH is 1. The zero-order chi connectivity index (χ0) is 13.1. The molecule has 0 aliphatic heterocycles. The second kappa shape index (κ2) is 5.82. The molecule has 4 nitrogen and oxygen atoms in total. The highest BCUT2D eigenvalue weighted by atomic mass is 35.5. The van der Waals surface area contributed by atoms with Crippen LogP contribution in [-0.2, 0) is 10.0 Å². The molecule has 1 aromatic carbocycles. The molecule has 0 aliphatic carbocycles. The van der Waals surface area contributed by atoms with Crippen LogP contribution in [0.2, 0.25) is 0 Å². The summed E-state index contributed by atoms with van der Waals surface area (Å²) in [5.74, 6) is -0.0732. The summed E-state index contributed by atoms with van der Waals surface area (Å²) in [7, 11) is -3.76. The van der Waals surface area contributed by atoms with Crippen LogP contribution >= 0.6 is 11.8 Å². The topological polar surface area (TPSA) is 57.6 Å². The van der Waals surface area contributed by atoms with E-state index in [2.05, 4.69) is 0 Å². The van der Waals surface area contributed by atoms with E-state index in [1.165, 1.54) is 12.1 Å². The van der Waals surface area contributed by atoms with Gasteiger partial charge < -0.3 is 5.11 Å². The first-order chi connectivity index (χ1) is 7.91. The van der Waals surface area contributed by atoms with Crippen LogP contribution < -0.4 is 0 Å². The summed E-state index contributed by atoms with van der Waals surface area (Å²) in [4.78, 5) is 0.120. The molecule has 96 valence electrons. The van der Waals surface area contributed by atoms with Crippen LogP contribution in [0, 0.1) is 5.92 Å². The molecule has 0 saturated heterocycles. The van der Waals surface area contributed by atoms with E-state index in [1.807, 2.05) is 0 Å². The Labute approximate surface area is 107 Å². The van der Waals surface area contributed by atoms with Gasteiger partial charge in [0.2, 0.25) is 0 Å². The van der Waals surface area contributed by atoms with Crippen LogP contribution in [0.15, 0.2) is 35.2 Å². The SMILES string of the molecule is CC(C)[C@@H](CO)N(Cl)S(=O)(=O)c1ccccc1. The minimum atomic E-state index is -3.76. The van der Waals surface area contributed by atoms with Gasteiger partial charge in [-0.1, -0.05) is 32.0 Å². The van der Waals surface area contributed by atoms with E-state index in [9.17, 15) is 13.5 Å². The van der Waals surface area contributed by atoms with Crippen LogP contribution in [0.5, 0.6) is 0 Å². The second-order valence-corrected chi connectivity index (χ2v) is 6.43. The van der Waals surface area contributed by atoms with Crippen molar-refractivity contribution in [2.24, 2.45) is 5.92 Å². The number of rotatable bonds is 5. The standard InChI is InChI=1S/C11H16ClNO3S/c1-9(2)11(8-14)13(12)17(15,16)10-6-4-3-5-7-10/h3-7,9,11,14H,8H2,1-2H3/t11-/m1/s1. The number of hydrogen-bond acceptors (Lipinski definition) is 3. The molecule has 0 amide bonds. The van der Waals surface area contributed by atoms with Crippen molar-refractivity contribution in [2.45, 2.75) is 24.8 Å². The van der Waals surface area contributed by atoms with Gasteiger partial charge in [0.1, 0.15) is 0 Å². The van der Waals surface area contributed by atoms with Gasteiger partial charge in [-0.25, -0.2) is 8.42 Å². The maximum atomic E-state index is 12.1. The van der Waals surface area contributed by atoms with Gasteiger partial charge in [-0.15, -0.1) is 3.82 Å². The third kappa shape index (κ3) is 3.19. The summed E-state index contributed by atoms with van der Waals surface area (Å²) in [5, 5.41) is 9.19.